The number of aliphatic imine (C=N–C) groups is 1. The number of benzene rings is 1. The zero-order chi connectivity index (χ0) is 18.4. The number of halogens is 1. The summed E-state index contributed by atoms with van der Waals surface area (Å²) in [5, 5.41) is 10.8. The number of rotatable bonds is 7. The second kappa shape index (κ2) is 10.1. The van der Waals surface area contributed by atoms with E-state index in [1.165, 1.54) is 24.8 Å². The molecule has 1 saturated carbocycles. The molecule has 3 rings (SSSR count). The second-order valence-corrected chi connectivity index (χ2v) is 7.30. The largest absolute Gasteiger partial charge is 0.356 e. The average Bonchev–Trinajstić information content (AvgIpc) is 3.09. The molecule has 0 saturated heterocycles. The van der Waals surface area contributed by atoms with E-state index in [0.29, 0.717) is 18.9 Å². The van der Waals surface area contributed by atoms with Gasteiger partial charge in [-0.25, -0.2) is 0 Å². The number of guanidine groups is 1. The third kappa shape index (κ3) is 5.43. The van der Waals surface area contributed by atoms with Crippen LogP contribution in [0.5, 0.6) is 0 Å². The molecular weight excluding hydrogens is 453 g/mol. The molecule has 1 aromatic heterocycles. The van der Waals surface area contributed by atoms with Crippen LogP contribution in [0.25, 0.3) is 0 Å². The average molecular weight is 483 g/mol. The van der Waals surface area contributed by atoms with Crippen molar-refractivity contribution in [3.05, 3.63) is 47.6 Å². The first-order chi connectivity index (χ1) is 12.6. The molecule has 27 heavy (non-hydrogen) atoms. The minimum absolute atomic E-state index is 0. The van der Waals surface area contributed by atoms with Crippen LogP contribution in [-0.4, -0.2) is 36.2 Å². The van der Waals surface area contributed by atoms with Gasteiger partial charge in [0.1, 0.15) is 0 Å². The summed E-state index contributed by atoms with van der Waals surface area (Å²) in [7, 11) is 1.80. The van der Waals surface area contributed by atoms with Crippen LogP contribution in [0.15, 0.2) is 39.8 Å². The van der Waals surface area contributed by atoms with Crippen LogP contribution in [0.4, 0.5) is 0 Å². The van der Waals surface area contributed by atoms with Crippen LogP contribution in [0.1, 0.15) is 56.3 Å². The van der Waals surface area contributed by atoms with Crippen LogP contribution in [0, 0.1) is 0 Å². The van der Waals surface area contributed by atoms with E-state index in [9.17, 15) is 0 Å². The van der Waals surface area contributed by atoms with E-state index in [-0.39, 0.29) is 35.3 Å². The maximum absolute atomic E-state index is 5.28. The number of nitrogens with one attached hydrogen (secondary N) is 2. The standard InChI is InChI=1S/C20H29N5O.HI/c1-15(2)18-24-17(26-25-18)10-13-22-19(21-3)23-14-20(11-7-12-20)16-8-5-4-6-9-16;/h4-6,8-9,15H,7,10-14H2,1-3H3,(H2,21,22,23);1H. The zero-order valence-electron chi connectivity index (χ0n) is 16.4. The normalized spacial score (nSPS) is 15.8. The van der Waals surface area contributed by atoms with Gasteiger partial charge in [0.05, 0.1) is 0 Å². The molecule has 0 bridgehead atoms. The van der Waals surface area contributed by atoms with Crippen LogP contribution >= 0.6 is 24.0 Å². The van der Waals surface area contributed by atoms with Crippen molar-refractivity contribution in [2.45, 2.75) is 50.9 Å². The van der Waals surface area contributed by atoms with Crippen molar-refractivity contribution < 1.29 is 4.52 Å². The van der Waals surface area contributed by atoms with Gasteiger partial charge >= 0.3 is 0 Å². The van der Waals surface area contributed by atoms with E-state index < -0.39 is 0 Å². The first-order valence-corrected chi connectivity index (χ1v) is 9.45. The Kier molecular flexibility index (Phi) is 8.07. The lowest BCUT2D eigenvalue weighted by Gasteiger charge is -2.43. The summed E-state index contributed by atoms with van der Waals surface area (Å²) in [6, 6.07) is 10.8. The molecule has 1 aliphatic rings. The molecule has 6 nitrogen and oxygen atoms in total. The van der Waals surface area contributed by atoms with Crippen molar-refractivity contribution in [2.24, 2.45) is 4.99 Å². The summed E-state index contributed by atoms with van der Waals surface area (Å²) in [5.41, 5.74) is 1.65. The molecule has 148 valence electrons. The summed E-state index contributed by atoms with van der Waals surface area (Å²) < 4.78 is 5.28. The van der Waals surface area contributed by atoms with Gasteiger partial charge in [0.25, 0.3) is 0 Å². The van der Waals surface area contributed by atoms with Gasteiger partial charge in [-0.1, -0.05) is 55.8 Å². The third-order valence-electron chi connectivity index (χ3n) is 5.15. The molecule has 1 aliphatic carbocycles. The summed E-state index contributed by atoms with van der Waals surface area (Å²) in [4.78, 5) is 8.74. The minimum atomic E-state index is 0. The van der Waals surface area contributed by atoms with Gasteiger partial charge in [-0.05, 0) is 18.4 Å². The predicted molar refractivity (Wildman–Crippen MR) is 119 cm³/mol. The lowest BCUT2D eigenvalue weighted by Crippen LogP contribution is -2.49. The molecule has 0 aliphatic heterocycles. The Morgan fingerprint density at radius 1 is 1.22 bits per heavy atom. The van der Waals surface area contributed by atoms with Crippen molar-refractivity contribution in [1.29, 1.82) is 0 Å². The van der Waals surface area contributed by atoms with Crippen LogP contribution < -0.4 is 10.6 Å². The molecule has 0 spiro atoms. The molecule has 0 atom stereocenters. The van der Waals surface area contributed by atoms with Gasteiger partial charge in [-0.3, -0.25) is 4.99 Å². The Morgan fingerprint density at radius 2 is 1.96 bits per heavy atom. The lowest BCUT2D eigenvalue weighted by molar-refractivity contribution is 0.244. The molecule has 1 aromatic carbocycles. The lowest BCUT2D eigenvalue weighted by atomic mass is 9.64. The molecule has 7 heteroatoms. The van der Waals surface area contributed by atoms with E-state index in [4.69, 9.17) is 4.52 Å². The quantitative estimate of drug-likeness (QED) is 0.358. The smallest absolute Gasteiger partial charge is 0.228 e. The molecule has 1 heterocycles. The minimum Gasteiger partial charge on any atom is -0.356 e. The van der Waals surface area contributed by atoms with Crippen molar-refractivity contribution in [3.8, 4) is 0 Å². The van der Waals surface area contributed by atoms with E-state index in [1.54, 1.807) is 7.05 Å². The molecule has 0 radical (unpaired) electrons. The van der Waals surface area contributed by atoms with Crippen LogP contribution in [0.2, 0.25) is 0 Å². The number of nitrogens with zero attached hydrogens (tertiary/aromatic N) is 3. The summed E-state index contributed by atoms with van der Waals surface area (Å²) in [6.07, 6.45) is 4.42. The first-order valence-electron chi connectivity index (χ1n) is 9.45. The topological polar surface area (TPSA) is 75.3 Å². The summed E-state index contributed by atoms with van der Waals surface area (Å²) >= 11 is 0. The van der Waals surface area contributed by atoms with Crippen molar-refractivity contribution >= 4 is 29.9 Å². The van der Waals surface area contributed by atoms with Gasteiger partial charge in [0, 0.05) is 37.9 Å². The Hall–Kier alpha value is -1.64. The molecular formula is C20H30IN5O. The Labute approximate surface area is 178 Å². The van der Waals surface area contributed by atoms with Crippen LogP contribution in [0.3, 0.4) is 0 Å². The highest BCUT2D eigenvalue weighted by atomic mass is 127. The maximum atomic E-state index is 5.28. The van der Waals surface area contributed by atoms with Crippen molar-refractivity contribution in [3.63, 3.8) is 0 Å². The van der Waals surface area contributed by atoms with Gasteiger partial charge in [-0.15, -0.1) is 24.0 Å². The number of hydrogen-bond donors (Lipinski definition) is 2. The van der Waals surface area contributed by atoms with E-state index >= 15 is 0 Å². The highest BCUT2D eigenvalue weighted by Crippen LogP contribution is 2.43. The van der Waals surface area contributed by atoms with Crippen LogP contribution in [-0.2, 0) is 11.8 Å². The first kappa shape index (κ1) is 21.7. The Balaban J connectivity index is 0.00000261. The Morgan fingerprint density at radius 3 is 2.52 bits per heavy atom. The molecule has 0 unspecified atom stereocenters. The SMILES string of the molecule is CN=C(NCCc1nc(C(C)C)no1)NCC1(c2ccccc2)CCC1.I. The second-order valence-electron chi connectivity index (χ2n) is 7.30. The van der Waals surface area contributed by atoms with Gasteiger partial charge < -0.3 is 15.2 Å². The van der Waals surface area contributed by atoms with Gasteiger partial charge in [0.15, 0.2) is 11.8 Å². The number of aromatic nitrogens is 2. The van der Waals surface area contributed by atoms with E-state index in [0.717, 1.165) is 18.3 Å². The van der Waals surface area contributed by atoms with Crippen molar-refractivity contribution in [1.82, 2.24) is 20.8 Å². The monoisotopic (exact) mass is 483 g/mol. The third-order valence-corrected chi connectivity index (χ3v) is 5.15. The fourth-order valence-electron chi connectivity index (χ4n) is 3.33. The molecule has 2 N–H and O–H groups in total. The molecule has 2 aromatic rings. The fraction of sp³-hybridized carbons (Fsp3) is 0.550. The zero-order valence-corrected chi connectivity index (χ0v) is 18.7. The maximum Gasteiger partial charge on any atom is 0.228 e. The summed E-state index contributed by atoms with van der Waals surface area (Å²) in [6.45, 7) is 5.72. The van der Waals surface area contributed by atoms with Gasteiger partial charge in [-0.2, -0.15) is 4.98 Å². The van der Waals surface area contributed by atoms with Crippen molar-refractivity contribution in [2.75, 3.05) is 20.1 Å². The number of hydrogen-bond acceptors (Lipinski definition) is 4. The summed E-state index contributed by atoms with van der Waals surface area (Å²) in [5.74, 6) is 2.52. The molecule has 0 amide bonds. The fourth-order valence-corrected chi connectivity index (χ4v) is 3.33. The highest BCUT2D eigenvalue weighted by molar-refractivity contribution is 14.0. The van der Waals surface area contributed by atoms with Gasteiger partial charge in [0.2, 0.25) is 5.89 Å². The highest BCUT2D eigenvalue weighted by Gasteiger charge is 2.38. The Bertz CT molecular complexity index is 725. The van der Waals surface area contributed by atoms with E-state index in [1.807, 2.05) is 0 Å². The predicted octanol–water partition coefficient (Wildman–Crippen LogP) is 3.64. The van der Waals surface area contributed by atoms with E-state index in [2.05, 4.69) is 69.9 Å². The molecule has 1 fully saturated rings.